The molecule has 1 aliphatic rings. The summed E-state index contributed by atoms with van der Waals surface area (Å²) in [5.41, 5.74) is -0.818. The maximum absolute atomic E-state index is 12.4. The highest BCUT2D eigenvalue weighted by molar-refractivity contribution is 6.33. The molecule has 100 valence electrons. The number of pyridine rings is 1. The zero-order valence-electron chi connectivity index (χ0n) is 9.73. The first kappa shape index (κ1) is 13.5. The standard InChI is InChI=1S/C12H14ClF3N2/c13-10-6-8(12(14,15)16)7-17-11(10)18-9-4-2-1-3-5-9/h6-7,9H,1-5H2,(H,17,18). The second kappa shape index (κ2) is 5.34. The lowest BCUT2D eigenvalue weighted by atomic mass is 9.95. The molecule has 0 atom stereocenters. The van der Waals surface area contributed by atoms with Crippen LogP contribution in [0.1, 0.15) is 37.7 Å². The third kappa shape index (κ3) is 3.28. The molecular weight excluding hydrogens is 265 g/mol. The van der Waals surface area contributed by atoms with Crippen molar-refractivity contribution in [1.29, 1.82) is 0 Å². The number of alkyl halides is 3. The lowest BCUT2D eigenvalue weighted by molar-refractivity contribution is -0.137. The van der Waals surface area contributed by atoms with Crippen molar-refractivity contribution < 1.29 is 13.2 Å². The first-order valence-electron chi connectivity index (χ1n) is 5.96. The molecule has 1 aromatic heterocycles. The van der Waals surface area contributed by atoms with Crippen molar-refractivity contribution in [3.63, 3.8) is 0 Å². The predicted molar refractivity (Wildman–Crippen MR) is 64.7 cm³/mol. The Morgan fingerprint density at radius 2 is 1.89 bits per heavy atom. The maximum atomic E-state index is 12.4. The van der Waals surface area contributed by atoms with E-state index >= 15 is 0 Å². The van der Waals surface area contributed by atoms with Crippen molar-refractivity contribution in [2.75, 3.05) is 5.32 Å². The first-order valence-corrected chi connectivity index (χ1v) is 6.34. The number of nitrogens with one attached hydrogen (secondary N) is 1. The van der Waals surface area contributed by atoms with Crippen LogP contribution in [-0.4, -0.2) is 11.0 Å². The minimum absolute atomic E-state index is 0.0235. The zero-order valence-corrected chi connectivity index (χ0v) is 10.5. The van der Waals surface area contributed by atoms with Gasteiger partial charge in [-0.3, -0.25) is 0 Å². The van der Waals surface area contributed by atoms with Crippen LogP contribution in [0, 0.1) is 0 Å². The highest BCUT2D eigenvalue weighted by Gasteiger charge is 2.31. The SMILES string of the molecule is FC(F)(F)c1cnc(NC2CCCCC2)c(Cl)c1. The van der Waals surface area contributed by atoms with Gasteiger partial charge in [-0.1, -0.05) is 30.9 Å². The molecule has 6 heteroatoms. The second-order valence-electron chi connectivity index (χ2n) is 4.53. The average Bonchev–Trinajstić information content (AvgIpc) is 2.32. The molecule has 0 unspecified atom stereocenters. The van der Waals surface area contributed by atoms with E-state index in [1.807, 2.05) is 0 Å². The molecule has 0 aliphatic heterocycles. The van der Waals surface area contributed by atoms with E-state index in [2.05, 4.69) is 10.3 Å². The van der Waals surface area contributed by atoms with E-state index in [0.29, 0.717) is 5.82 Å². The summed E-state index contributed by atoms with van der Waals surface area (Å²) in [5, 5.41) is 3.14. The minimum Gasteiger partial charge on any atom is -0.366 e. The maximum Gasteiger partial charge on any atom is 0.417 e. The largest absolute Gasteiger partial charge is 0.417 e. The summed E-state index contributed by atoms with van der Waals surface area (Å²) in [7, 11) is 0. The lowest BCUT2D eigenvalue weighted by Gasteiger charge is -2.23. The highest BCUT2D eigenvalue weighted by atomic mass is 35.5. The van der Waals surface area contributed by atoms with E-state index in [1.165, 1.54) is 6.42 Å². The summed E-state index contributed by atoms with van der Waals surface area (Å²) < 4.78 is 37.3. The Hall–Kier alpha value is -0.970. The monoisotopic (exact) mass is 278 g/mol. The van der Waals surface area contributed by atoms with Gasteiger partial charge in [-0.15, -0.1) is 0 Å². The molecule has 1 heterocycles. The molecule has 0 bridgehead atoms. The molecule has 1 aliphatic carbocycles. The Balaban J connectivity index is 2.09. The number of nitrogens with zero attached hydrogens (tertiary/aromatic N) is 1. The average molecular weight is 279 g/mol. The number of halogens is 4. The van der Waals surface area contributed by atoms with Gasteiger partial charge < -0.3 is 5.32 Å². The Morgan fingerprint density at radius 3 is 2.44 bits per heavy atom. The molecule has 0 saturated heterocycles. The number of hydrogen-bond donors (Lipinski definition) is 1. The van der Waals surface area contributed by atoms with E-state index in [0.717, 1.165) is 37.9 Å². The van der Waals surface area contributed by atoms with Crippen LogP contribution in [0.2, 0.25) is 5.02 Å². The van der Waals surface area contributed by atoms with Gasteiger partial charge >= 0.3 is 6.18 Å². The molecule has 0 aromatic carbocycles. The molecule has 2 nitrogen and oxygen atoms in total. The van der Waals surface area contributed by atoms with Crippen LogP contribution in [0.5, 0.6) is 0 Å². The number of anilines is 1. The van der Waals surface area contributed by atoms with Gasteiger partial charge in [-0.05, 0) is 18.9 Å². The van der Waals surface area contributed by atoms with Crippen LogP contribution in [0.4, 0.5) is 19.0 Å². The van der Waals surface area contributed by atoms with Crippen LogP contribution < -0.4 is 5.32 Å². The molecule has 0 amide bonds. The fourth-order valence-corrected chi connectivity index (χ4v) is 2.36. The van der Waals surface area contributed by atoms with Crippen molar-refractivity contribution in [1.82, 2.24) is 4.98 Å². The number of hydrogen-bond acceptors (Lipinski definition) is 2. The Kier molecular flexibility index (Phi) is 4.00. The topological polar surface area (TPSA) is 24.9 Å². The Morgan fingerprint density at radius 1 is 1.22 bits per heavy atom. The summed E-state index contributed by atoms with van der Waals surface area (Å²) in [5.74, 6) is 0.344. The van der Waals surface area contributed by atoms with Crippen LogP contribution in [0.15, 0.2) is 12.3 Å². The van der Waals surface area contributed by atoms with Crippen molar-refractivity contribution >= 4 is 17.4 Å². The van der Waals surface area contributed by atoms with E-state index in [-0.39, 0.29) is 11.1 Å². The molecule has 1 N–H and O–H groups in total. The molecule has 18 heavy (non-hydrogen) atoms. The van der Waals surface area contributed by atoms with E-state index < -0.39 is 11.7 Å². The number of aromatic nitrogens is 1. The van der Waals surface area contributed by atoms with Crippen LogP contribution in [0.3, 0.4) is 0 Å². The quantitative estimate of drug-likeness (QED) is 0.862. The minimum atomic E-state index is -4.40. The first-order chi connectivity index (χ1) is 8.47. The van der Waals surface area contributed by atoms with E-state index in [1.54, 1.807) is 0 Å². The molecule has 1 saturated carbocycles. The van der Waals surface area contributed by atoms with Crippen molar-refractivity contribution in [3.05, 3.63) is 22.8 Å². The molecule has 0 spiro atoms. The fourth-order valence-electron chi connectivity index (χ4n) is 2.14. The van der Waals surface area contributed by atoms with E-state index in [9.17, 15) is 13.2 Å². The van der Waals surface area contributed by atoms with Gasteiger partial charge in [0.25, 0.3) is 0 Å². The summed E-state index contributed by atoms with van der Waals surface area (Å²) in [6.07, 6.45) is 1.92. The van der Waals surface area contributed by atoms with E-state index in [4.69, 9.17) is 11.6 Å². The molecular formula is C12H14ClF3N2. The van der Waals surface area contributed by atoms with Gasteiger partial charge in [0, 0.05) is 12.2 Å². The van der Waals surface area contributed by atoms with Crippen LogP contribution in [-0.2, 0) is 6.18 Å². The molecule has 2 rings (SSSR count). The predicted octanol–water partition coefficient (Wildman–Crippen LogP) is 4.50. The van der Waals surface area contributed by atoms with Crippen molar-refractivity contribution in [2.45, 2.75) is 44.3 Å². The summed E-state index contributed by atoms with van der Waals surface area (Å²) in [4.78, 5) is 3.78. The Labute approximate surface area is 109 Å². The van der Waals surface area contributed by atoms with Gasteiger partial charge in [0.2, 0.25) is 0 Å². The molecule has 1 aromatic rings. The van der Waals surface area contributed by atoms with Gasteiger partial charge in [0.1, 0.15) is 5.82 Å². The van der Waals surface area contributed by atoms with Gasteiger partial charge in [0.05, 0.1) is 10.6 Å². The van der Waals surface area contributed by atoms with Crippen LogP contribution >= 0.6 is 11.6 Å². The van der Waals surface area contributed by atoms with Crippen molar-refractivity contribution in [2.24, 2.45) is 0 Å². The fraction of sp³-hybridized carbons (Fsp3) is 0.583. The normalized spacial score (nSPS) is 17.8. The number of rotatable bonds is 2. The van der Waals surface area contributed by atoms with Gasteiger partial charge in [0.15, 0.2) is 0 Å². The Bertz CT molecular complexity index is 414. The lowest BCUT2D eigenvalue weighted by Crippen LogP contribution is -2.23. The summed E-state index contributed by atoms with van der Waals surface area (Å²) in [6, 6.07) is 1.18. The third-order valence-corrected chi connectivity index (χ3v) is 3.40. The van der Waals surface area contributed by atoms with Gasteiger partial charge in [-0.2, -0.15) is 13.2 Å². The summed E-state index contributed by atoms with van der Waals surface area (Å²) in [6.45, 7) is 0. The van der Waals surface area contributed by atoms with Gasteiger partial charge in [-0.25, -0.2) is 4.98 Å². The molecule has 0 radical (unpaired) electrons. The summed E-state index contributed by atoms with van der Waals surface area (Å²) >= 11 is 5.83. The highest BCUT2D eigenvalue weighted by Crippen LogP contribution is 2.33. The zero-order chi connectivity index (χ0) is 13.2. The smallest absolute Gasteiger partial charge is 0.366 e. The second-order valence-corrected chi connectivity index (χ2v) is 4.94. The van der Waals surface area contributed by atoms with Crippen LogP contribution in [0.25, 0.3) is 0 Å². The third-order valence-electron chi connectivity index (χ3n) is 3.11. The molecule has 1 fully saturated rings. The van der Waals surface area contributed by atoms with Crippen molar-refractivity contribution in [3.8, 4) is 0 Å².